The molecule has 178 valence electrons. The van der Waals surface area contributed by atoms with Crippen LogP contribution in [0.3, 0.4) is 0 Å². The molecule has 6 nitrogen and oxygen atoms in total. The maximum atomic E-state index is 5.02. The fraction of sp³-hybridized carbons (Fsp3) is 0. The van der Waals surface area contributed by atoms with Crippen molar-refractivity contribution in [3.05, 3.63) is 110 Å². The van der Waals surface area contributed by atoms with E-state index in [1.54, 1.807) is 17.7 Å². The van der Waals surface area contributed by atoms with Crippen molar-refractivity contribution in [2.45, 2.75) is 0 Å². The Morgan fingerprint density at radius 3 is 2.00 bits per heavy atom. The Bertz CT molecular complexity index is 2070. The third kappa shape index (κ3) is 3.16. The summed E-state index contributed by atoms with van der Waals surface area (Å²) in [7, 11) is 0. The lowest BCUT2D eigenvalue weighted by Gasteiger charge is -2.10. The third-order valence-electron chi connectivity index (χ3n) is 6.84. The molecule has 0 fully saturated rings. The van der Waals surface area contributed by atoms with E-state index in [9.17, 15) is 0 Å². The topological polar surface area (TPSA) is 69.4 Å². The molecule has 0 aliphatic heterocycles. The monoisotopic (exact) mass is 506 g/mol. The van der Waals surface area contributed by atoms with Crippen LogP contribution in [0.2, 0.25) is 0 Å². The Morgan fingerprint density at radius 1 is 0.579 bits per heavy atom. The summed E-state index contributed by atoms with van der Waals surface area (Å²) in [6.07, 6.45) is 3.52. The van der Waals surface area contributed by atoms with Gasteiger partial charge in [-0.1, -0.05) is 78.9 Å². The Kier molecular flexibility index (Phi) is 4.59. The van der Waals surface area contributed by atoms with Gasteiger partial charge in [0.25, 0.3) is 0 Å². The molecular formula is C31H18N6S. The average molecular weight is 507 g/mol. The molecule has 0 spiro atoms. The van der Waals surface area contributed by atoms with Gasteiger partial charge in [-0.3, -0.25) is 4.57 Å². The van der Waals surface area contributed by atoms with Gasteiger partial charge in [0.05, 0.1) is 11.0 Å². The zero-order valence-electron chi connectivity index (χ0n) is 20.0. The number of nitrogens with zero attached hydrogens (tertiary/aromatic N) is 6. The predicted molar refractivity (Wildman–Crippen MR) is 154 cm³/mol. The number of para-hydroxylation sites is 1. The number of benzene rings is 4. The third-order valence-corrected chi connectivity index (χ3v) is 7.92. The minimum Gasteiger partial charge on any atom is -0.278 e. The first-order chi connectivity index (χ1) is 18.8. The van der Waals surface area contributed by atoms with E-state index in [2.05, 4.69) is 50.9 Å². The van der Waals surface area contributed by atoms with E-state index in [-0.39, 0.29) is 0 Å². The molecule has 0 aliphatic carbocycles. The molecule has 4 aromatic carbocycles. The van der Waals surface area contributed by atoms with Crippen molar-refractivity contribution < 1.29 is 0 Å². The molecule has 0 bridgehead atoms. The Morgan fingerprint density at radius 2 is 1.26 bits per heavy atom. The van der Waals surface area contributed by atoms with Crippen LogP contribution in [0, 0.1) is 0 Å². The summed E-state index contributed by atoms with van der Waals surface area (Å²) in [5.74, 6) is 1.85. The van der Waals surface area contributed by atoms with Crippen molar-refractivity contribution in [2.24, 2.45) is 0 Å². The van der Waals surface area contributed by atoms with Crippen molar-refractivity contribution in [3.63, 3.8) is 0 Å². The van der Waals surface area contributed by atoms with Gasteiger partial charge >= 0.3 is 0 Å². The maximum Gasteiger partial charge on any atom is 0.238 e. The van der Waals surface area contributed by atoms with Gasteiger partial charge in [0.15, 0.2) is 11.6 Å². The highest BCUT2D eigenvalue weighted by Crippen LogP contribution is 2.42. The first-order valence-electron chi connectivity index (χ1n) is 12.3. The van der Waals surface area contributed by atoms with E-state index in [4.69, 9.17) is 15.0 Å². The molecule has 0 saturated carbocycles. The number of thiophene rings is 1. The van der Waals surface area contributed by atoms with Gasteiger partial charge < -0.3 is 0 Å². The quantitative estimate of drug-likeness (QED) is 0.249. The van der Waals surface area contributed by atoms with Crippen molar-refractivity contribution in [1.29, 1.82) is 0 Å². The van der Waals surface area contributed by atoms with E-state index in [1.807, 2.05) is 66.9 Å². The van der Waals surface area contributed by atoms with Crippen LogP contribution in [0.4, 0.5) is 0 Å². The molecule has 0 N–H and O–H groups in total. The van der Waals surface area contributed by atoms with Crippen LogP contribution in [0.1, 0.15) is 0 Å². The summed E-state index contributed by atoms with van der Waals surface area (Å²) in [4.78, 5) is 24.8. The van der Waals surface area contributed by atoms with E-state index in [1.165, 1.54) is 10.1 Å². The van der Waals surface area contributed by atoms with Crippen LogP contribution in [-0.4, -0.2) is 29.5 Å². The van der Waals surface area contributed by atoms with E-state index in [0.717, 1.165) is 43.1 Å². The van der Waals surface area contributed by atoms with Crippen LogP contribution in [0.5, 0.6) is 0 Å². The van der Waals surface area contributed by atoms with Gasteiger partial charge in [-0.05, 0) is 18.2 Å². The smallest absolute Gasteiger partial charge is 0.238 e. The van der Waals surface area contributed by atoms with E-state index in [0.29, 0.717) is 17.6 Å². The van der Waals surface area contributed by atoms with Gasteiger partial charge in [0.1, 0.15) is 11.2 Å². The molecule has 8 aromatic rings. The molecule has 0 radical (unpaired) electrons. The lowest BCUT2D eigenvalue weighted by atomic mass is 10.1. The summed E-state index contributed by atoms with van der Waals surface area (Å²) in [5.41, 5.74) is 3.96. The molecule has 4 aromatic heterocycles. The number of hydrogen-bond acceptors (Lipinski definition) is 6. The van der Waals surface area contributed by atoms with E-state index < -0.39 is 0 Å². The highest BCUT2D eigenvalue weighted by Gasteiger charge is 2.20. The fourth-order valence-electron chi connectivity index (χ4n) is 5.18. The first-order valence-corrected chi connectivity index (χ1v) is 13.1. The van der Waals surface area contributed by atoms with Gasteiger partial charge in [-0.25, -0.2) is 15.0 Å². The Labute approximate surface area is 220 Å². The second kappa shape index (κ2) is 8.26. The molecule has 7 heteroatoms. The second-order valence-corrected chi connectivity index (χ2v) is 10.1. The lowest BCUT2D eigenvalue weighted by molar-refractivity contribution is 0.953. The molecular weight excluding hydrogens is 488 g/mol. The number of fused-ring (bicyclic) bond motifs is 7. The Hall–Kier alpha value is -5.01. The largest absolute Gasteiger partial charge is 0.278 e. The van der Waals surface area contributed by atoms with Crippen molar-refractivity contribution >= 4 is 53.4 Å². The molecule has 0 saturated heterocycles. The van der Waals surface area contributed by atoms with Crippen LogP contribution in [0.25, 0.3) is 70.8 Å². The van der Waals surface area contributed by atoms with Crippen LogP contribution < -0.4 is 0 Å². The number of aromatic nitrogens is 6. The molecule has 0 amide bonds. The van der Waals surface area contributed by atoms with Gasteiger partial charge in [-0.15, -0.1) is 11.3 Å². The normalized spacial score (nSPS) is 11.7. The molecule has 0 unspecified atom stereocenters. The van der Waals surface area contributed by atoms with Crippen LogP contribution >= 0.6 is 11.3 Å². The fourth-order valence-corrected chi connectivity index (χ4v) is 6.21. The summed E-state index contributed by atoms with van der Waals surface area (Å²) in [6, 6.07) is 32.9. The average Bonchev–Trinajstić information content (AvgIpc) is 3.53. The zero-order chi connectivity index (χ0) is 25.1. The second-order valence-electron chi connectivity index (χ2n) is 9.04. The van der Waals surface area contributed by atoms with Crippen molar-refractivity contribution in [1.82, 2.24) is 29.5 Å². The van der Waals surface area contributed by atoms with Crippen molar-refractivity contribution in [2.75, 3.05) is 0 Å². The molecule has 8 rings (SSSR count). The maximum absolute atomic E-state index is 5.02. The highest BCUT2D eigenvalue weighted by atomic mass is 32.1. The predicted octanol–water partition coefficient (Wildman–Crippen LogP) is 7.46. The molecule has 4 heterocycles. The zero-order valence-corrected chi connectivity index (χ0v) is 20.8. The minimum absolute atomic E-state index is 0.582. The first kappa shape index (κ1) is 21.1. The minimum atomic E-state index is 0.582. The summed E-state index contributed by atoms with van der Waals surface area (Å²) < 4.78 is 3.33. The number of rotatable bonds is 3. The van der Waals surface area contributed by atoms with Gasteiger partial charge in [-0.2, -0.15) is 9.97 Å². The Balaban J connectivity index is 1.51. The highest BCUT2D eigenvalue weighted by molar-refractivity contribution is 7.25. The lowest BCUT2D eigenvalue weighted by Crippen LogP contribution is -2.06. The van der Waals surface area contributed by atoms with Gasteiger partial charge in [0.2, 0.25) is 5.95 Å². The molecule has 0 atom stereocenters. The standard InChI is InChI=1S/C31H18N6S/c1-3-9-19(10-4-1)28-34-29(20-11-5-2-6-12-20)36-31(35-28)37-23-14-8-7-13-21(23)26-24(37)15-16-25-27(26)22-17-32-18-33-30(22)38-25/h1-18H. The number of hydrogen-bond donors (Lipinski definition) is 0. The van der Waals surface area contributed by atoms with Crippen molar-refractivity contribution in [3.8, 4) is 28.7 Å². The van der Waals surface area contributed by atoms with Crippen LogP contribution in [-0.2, 0) is 0 Å². The van der Waals surface area contributed by atoms with Crippen LogP contribution in [0.15, 0.2) is 110 Å². The SMILES string of the molecule is c1ccc(-c2nc(-c3ccccc3)nc(-n3c4ccccc4c4c5c(ccc43)sc3ncncc35)n2)cc1. The van der Waals surface area contributed by atoms with E-state index >= 15 is 0 Å². The summed E-state index contributed by atoms with van der Waals surface area (Å²) >= 11 is 1.69. The van der Waals surface area contributed by atoms with Gasteiger partial charge in [0, 0.05) is 43.6 Å². The summed E-state index contributed by atoms with van der Waals surface area (Å²) in [5, 5.41) is 4.52. The molecule has 38 heavy (non-hydrogen) atoms. The summed E-state index contributed by atoms with van der Waals surface area (Å²) in [6.45, 7) is 0. The molecule has 0 aliphatic rings.